The van der Waals surface area contributed by atoms with Crippen molar-refractivity contribution >= 4 is 23.1 Å². The Kier molecular flexibility index (Phi) is 7.76. The molecule has 0 fully saturated rings. The van der Waals surface area contributed by atoms with Gasteiger partial charge in [-0.3, -0.25) is 10.3 Å². The second kappa shape index (κ2) is 10.7. The third kappa shape index (κ3) is 6.12. The van der Waals surface area contributed by atoms with Gasteiger partial charge in [-0.15, -0.1) is 11.3 Å². The molecule has 1 N–H and O–H groups in total. The van der Waals surface area contributed by atoms with E-state index in [1.807, 2.05) is 41.8 Å². The van der Waals surface area contributed by atoms with Crippen LogP contribution < -0.4 is 5.32 Å². The summed E-state index contributed by atoms with van der Waals surface area (Å²) in [7, 11) is 0. The number of carbonyl (C=O) groups is 1. The Morgan fingerprint density at radius 3 is 2.76 bits per heavy atom. The molecule has 0 aliphatic heterocycles. The summed E-state index contributed by atoms with van der Waals surface area (Å²) in [5, 5.41) is 5.80. The van der Waals surface area contributed by atoms with Crippen LogP contribution in [-0.4, -0.2) is 22.7 Å². The number of aromatic nitrogens is 2. The Bertz CT molecular complexity index is 911. The maximum absolute atomic E-state index is 12.2. The van der Waals surface area contributed by atoms with Crippen molar-refractivity contribution in [3.63, 3.8) is 0 Å². The third-order valence-corrected chi connectivity index (χ3v) is 5.72. The minimum Gasteiger partial charge on any atom is -0.449 e. The van der Waals surface area contributed by atoms with E-state index in [-0.39, 0.29) is 0 Å². The smallest absolute Gasteiger partial charge is 0.411 e. The van der Waals surface area contributed by atoms with Crippen molar-refractivity contribution in [1.82, 2.24) is 9.97 Å². The molecule has 1 atom stereocenters. The number of nitrogens with zero attached hydrogens (tertiary/aromatic N) is 2. The number of ether oxygens (including phenoxy) is 1. The van der Waals surface area contributed by atoms with Crippen LogP contribution in [0.1, 0.15) is 39.5 Å². The molecule has 0 aliphatic carbocycles. The van der Waals surface area contributed by atoms with Crippen molar-refractivity contribution in [3.8, 4) is 21.8 Å². The summed E-state index contributed by atoms with van der Waals surface area (Å²) >= 11 is 1.59. The van der Waals surface area contributed by atoms with Crippen LogP contribution in [-0.2, 0) is 4.74 Å². The molecule has 2 aromatic heterocycles. The van der Waals surface area contributed by atoms with Gasteiger partial charge in [0.05, 0.1) is 12.3 Å². The molecule has 0 saturated carbocycles. The van der Waals surface area contributed by atoms with Gasteiger partial charge in [0.1, 0.15) is 5.01 Å². The van der Waals surface area contributed by atoms with E-state index in [1.165, 1.54) is 6.42 Å². The topological polar surface area (TPSA) is 64.1 Å². The zero-order valence-corrected chi connectivity index (χ0v) is 17.7. The summed E-state index contributed by atoms with van der Waals surface area (Å²) in [6.45, 7) is 4.78. The van der Waals surface area contributed by atoms with Gasteiger partial charge in [0.2, 0.25) is 0 Å². The maximum Gasteiger partial charge on any atom is 0.411 e. The molecule has 1 aromatic carbocycles. The van der Waals surface area contributed by atoms with Gasteiger partial charge in [-0.1, -0.05) is 45.2 Å². The second-order valence-corrected chi connectivity index (χ2v) is 7.85. The predicted molar refractivity (Wildman–Crippen MR) is 119 cm³/mol. The number of pyridine rings is 1. The molecule has 6 heteroatoms. The number of thiazole rings is 1. The number of amides is 1. The molecule has 5 nitrogen and oxygen atoms in total. The van der Waals surface area contributed by atoms with Crippen LogP contribution in [0.2, 0.25) is 0 Å². The van der Waals surface area contributed by atoms with E-state index < -0.39 is 6.09 Å². The first-order valence-electron chi connectivity index (χ1n) is 10.1. The highest BCUT2D eigenvalue weighted by molar-refractivity contribution is 7.13. The van der Waals surface area contributed by atoms with Gasteiger partial charge in [0.25, 0.3) is 0 Å². The Morgan fingerprint density at radius 1 is 1.17 bits per heavy atom. The molecule has 0 radical (unpaired) electrons. The number of benzene rings is 1. The van der Waals surface area contributed by atoms with E-state index in [9.17, 15) is 4.79 Å². The lowest BCUT2D eigenvalue weighted by atomic mass is 10.0. The highest BCUT2D eigenvalue weighted by Gasteiger charge is 2.11. The van der Waals surface area contributed by atoms with Gasteiger partial charge in [0, 0.05) is 34.6 Å². The number of carbonyl (C=O) groups excluding carboxylic acids is 1. The van der Waals surface area contributed by atoms with Crippen LogP contribution in [0.5, 0.6) is 0 Å². The first-order chi connectivity index (χ1) is 14.2. The SMILES string of the molecule is CCCCC(CC)COC(=O)Nc1cccc(-c2csc(-c3ccncc3)n2)c1. The standard InChI is InChI=1S/C23H27N3O2S/c1-3-5-7-17(4-2)15-28-23(27)25-20-9-6-8-19(14-20)21-16-29-22(26-21)18-10-12-24-13-11-18/h6,8-14,16-17H,3-5,7,15H2,1-2H3,(H,25,27). The number of unbranched alkanes of at least 4 members (excludes halogenated alkanes) is 1. The van der Waals surface area contributed by atoms with Crippen molar-refractivity contribution in [1.29, 1.82) is 0 Å². The monoisotopic (exact) mass is 409 g/mol. The Labute approximate surface area is 176 Å². The van der Waals surface area contributed by atoms with Gasteiger partial charge >= 0.3 is 6.09 Å². The second-order valence-electron chi connectivity index (χ2n) is 6.99. The first kappa shape index (κ1) is 21.0. The molecule has 29 heavy (non-hydrogen) atoms. The fourth-order valence-corrected chi connectivity index (χ4v) is 3.87. The molecule has 2 heterocycles. The highest BCUT2D eigenvalue weighted by atomic mass is 32.1. The van der Waals surface area contributed by atoms with E-state index in [0.717, 1.165) is 41.1 Å². The lowest BCUT2D eigenvalue weighted by molar-refractivity contribution is 0.136. The zero-order chi connectivity index (χ0) is 20.5. The number of hydrogen-bond donors (Lipinski definition) is 1. The van der Waals surface area contributed by atoms with Gasteiger partial charge in [-0.25, -0.2) is 9.78 Å². The molecule has 1 unspecified atom stereocenters. The molecule has 0 saturated heterocycles. The van der Waals surface area contributed by atoms with Crippen molar-refractivity contribution < 1.29 is 9.53 Å². The van der Waals surface area contributed by atoms with E-state index in [0.29, 0.717) is 18.2 Å². The molecule has 1 amide bonds. The number of anilines is 1. The molecule has 3 aromatic rings. The van der Waals surface area contributed by atoms with Crippen molar-refractivity contribution in [2.75, 3.05) is 11.9 Å². The normalized spacial score (nSPS) is 11.8. The van der Waals surface area contributed by atoms with Gasteiger partial charge in [0.15, 0.2) is 0 Å². The molecular formula is C23H27N3O2S. The summed E-state index contributed by atoms with van der Waals surface area (Å²) < 4.78 is 5.43. The predicted octanol–water partition coefficient (Wildman–Crippen LogP) is 6.64. The van der Waals surface area contributed by atoms with Crippen LogP contribution in [0, 0.1) is 5.92 Å². The Morgan fingerprint density at radius 2 is 2.00 bits per heavy atom. The average Bonchev–Trinajstić information content (AvgIpc) is 3.25. The van der Waals surface area contributed by atoms with E-state index in [1.54, 1.807) is 23.7 Å². The summed E-state index contributed by atoms with van der Waals surface area (Å²) in [5.41, 5.74) is 3.58. The highest BCUT2D eigenvalue weighted by Crippen LogP contribution is 2.29. The fraction of sp³-hybridized carbons (Fsp3) is 0.348. The largest absolute Gasteiger partial charge is 0.449 e. The molecule has 0 aliphatic rings. The summed E-state index contributed by atoms with van der Waals surface area (Å²) in [4.78, 5) is 21.0. The van der Waals surface area contributed by atoms with Gasteiger partial charge < -0.3 is 4.74 Å². The molecule has 0 bridgehead atoms. The van der Waals surface area contributed by atoms with Crippen molar-refractivity contribution in [3.05, 3.63) is 54.2 Å². The minimum atomic E-state index is -0.409. The Hall–Kier alpha value is -2.73. The summed E-state index contributed by atoms with van der Waals surface area (Å²) in [6.07, 6.45) is 7.56. The lowest BCUT2D eigenvalue weighted by Gasteiger charge is -2.15. The minimum absolute atomic E-state index is 0.409. The van der Waals surface area contributed by atoms with E-state index >= 15 is 0 Å². The molecule has 3 rings (SSSR count). The molecule has 0 spiro atoms. The van der Waals surface area contributed by atoms with Crippen LogP contribution in [0.4, 0.5) is 10.5 Å². The van der Waals surface area contributed by atoms with Crippen LogP contribution in [0.15, 0.2) is 54.2 Å². The zero-order valence-electron chi connectivity index (χ0n) is 16.9. The van der Waals surface area contributed by atoms with Crippen molar-refractivity contribution in [2.45, 2.75) is 39.5 Å². The fourth-order valence-electron chi connectivity index (χ4n) is 3.04. The molecular weight excluding hydrogens is 382 g/mol. The molecule has 152 valence electrons. The van der Waals surface area contributed by atoms with E-state index in [2.05, 4.69) is 24.1 Å². The van der Waals surface area contributed by atoms with Gasteiger partial charge in [-0.05, 0) is 36.6 Å². The van der Waals surface area contributed by atoms with E-state index in [4.69, 9.17) is 9.72 Å². The Balaban J connectivity index is 1.61. The van der Waals surface area contributed by atoms with Gasteiger partial charge in [-0.2, -0.15) is 0 Å². The summed E-state index contributed by atoms with van der Waals surface area (Å²) in [6, 6.07) is 11.6. The lowest BCUT2D eigenvalue weighted by Crippen LogP contribution is -2.18. The van der Waals surface area contributed by atoms with Crippen LogP contribution in [0.25, 0.3) is 21.8 Å². The van der Waals surface area contributed by atoms with Crippen LogP contribution in [0.3, 0.4) is 0 Å². The number of nitrogens with one attached hydrogen (secondary N) is 1. The quantitative estimate of drug-likeness (QED) is 0.430. The number of rotatable bonds is 9. The van der Waals surface area contributed by atoms with Crippen molar-refractivity contribution in [2.24, 2.45) is 5.92 Å². The summed E-state index contributed by atoms with van der Waals surface area (Å²) in [5.74, 6) is 0.425. The first-order valence-corrected chi connectivity index (χ1v) is 11.0. The average molecular weight is 410 g/mol. The maximum atomic E-state index is 12.2. The number of hydrogen-bond acceptors (Lipinski definition) is 5. The van der Waals surface area contributed by atoms with Crippen LogP contribution >= 0.6 is 11.3 Å². The third-order valence-electron chi connectivity index (χ3n) is 4.83.